The maximum Gasteiger partial charge on any atom is 0.241 e. The van der Waals surface area contributed by atoms with E-state index >= 15 is 0 Å². The number of nitrogens with one attached hydrogen (secondary N) is 1. The van der Waals surface area contributed by atoms with Gasteiger partial charge in [-0.2, -0.15) is 4.72 Å². The van der Waals surface area contributed by atoms with E-state index in [0.29, 0.717) is 10.0 Å². The van der Waals surface area contributed by atoms with Crippen molar-refractivity contribution < 1.29 is 8.42 Å². The summed E-state index contributed by atoms with van der Waals surface area (Å²) >= 11 is 12.5. The predicted octanol–water partition coefficient (Wildman–Crippen LogP) is 9.38. The quantitative estimate of drug-likeness (QED) is 0.187. The van der Waals surface area contributed by atoms with E-state index in [1.807, 2.05) is 122 Å². The van der Waals surface area contributed by atoms with E-state index in [2.05, 4.69) is 10.8 Å². The minimum absolute atomic E-state index is 0.216. The fraction of sp³-hybridized carbons (Fsp3) is 0.0556. The molecule has 0 saturated heterocycles. The minimum atomic E-state index is -3.89. The molecule has 0 aromatic heterocycles. The first-order valence-electron chi connectivity index (χ1n) is 13.5. The Hall–Kier alpha value is -3.93. The zero-order chi connectivity index (χ0) is 29.3. The normalized spacial score (nSPS) is 15.1. The molecule has 1 aliphatic rings. The highest BCUT2D eigenvalue weighted by atomic mass is 35.5. The molecule has 0 bridgehead atoms. The van der Waals surface area contributed by atoms with Gasteiger partial charge in [0.1, 0.15) is 0 Å². The lowest BCUT2D eigenvalue weighted by Crippen LogP contribution is -2.29. The second-order valence-corrected chi connectivity index (χ2v) is 12.8. The largest absolute Gasteiger partial charge is 0.241 e. The number of rotatable bonds is 7. The number of hydrogen-bond acceptors (Lipinski definition) is 2. The van der Waals surface area contributed by atoms with Crippen molar-refractivity contribution in [3.63, 3.8) is 0 Å². The van der Waals surface area contributed by atoms with Crippen LogP contribution in [0.5, 0.6) is 0 Å². The van der Waals surface area contributed by atoms with Crippen molar-refractivity contribution in [2.24, 2.45) is 0 Å². The van der Waals surface area contributed by atoms with Crippen LogP contribution in [0.25, 0.3) is 17.2 Å². The summed E-state index contributed by atoms with van der Waals surface area (Å²) in [4.78, 5) is 0.216. The topological polar surface area (TPSA) is 46.2 Å². The van der Waals surface area contributed by atoms with Gasteiger partial charge in [-0.1, -0.05) is 120 Å². The third kappa shape index (κ3) is 5.72. The van der Waals surface area contributed by atoms with Crippen LogP contribution in [0.2, 0.25) is 10.0 Å². The highest BCUT2D eigenvalue weighted by molar-refractivity contribution is 7.89. The number of halogens is 2. The fourth-order valence-electron chi connectivity index (χ4n) is 5.36. The fourth-order valence-corrected chi connectivity index (χ4v) is 6.80. The number of benzene rings is 5. The van der Waals surface area contributed by atoms with Crippen LogP contribution in [-0.4, -0.2) is 8.42 Å². The summed E-state index contributed by atoms with van der Waals surface area (Å²) in [6.07, 6.45) is 2.09. The van der Waals surface area contributed by atoms with Gasteiger partial charge in [0, 0.05) is 10.0 Å². The van der Waals surface area contributed by atoms with Gasteiger partial charge < -0.3 is 0 Å². The van der Waals surface area contributed by atoms with E-state index in [-0.39, 0.29) is 4.90 Å². The molecule has 6 heteroatoms. The molecule has 1 N–H and O–H groups in total. The second kappa shape index (κ2) is 11.7. The van der Waals surface area contributed by atoms with Crippen LogP contribution in [0.1, 0.15) is 39.4 Å². The van der Waals surface area contributed by atoms with E-state index in [1.54, 1.807) is 12.1 Å². The van der Waals surface area contributed by atoms with E-state index in [4.69, 9.17) is 23.2 Å². The third-order valence-electron chi connectivity index (χ3n) is 7.39. The molecular formula is C36H27Cl2NO2S. The van der Waals surface area contributed by atoms with Gasteiger partial charge in [0.15, 0.2) is 0 Å². The summed E-state index contributed by atoms with van der Waals surface area (Å²) in [7, 11) is -3.89. The monoisotopic (exact) mass is 607 g/mol. The van der Waals surface area contributed by atoms with Gasteiger partial charge in [0.2, 0.25) is 10.0 Å². The molecule has 1 atom stereocenters. The lowest BCUT2D eigenvalue weighted by Gasteiger charge is -2.22. The molecule has 0 amide bonds. The Kier molecular flexibility index (Phi) is 7.89. The Labute approximate surface area is 256 Å². The third-order valence-corrected chi connectivity index (χ3v) is 9.34. The Morgan fingerprint density at radius 3 is 1.98 bits per heavy atom. The van der Waals surface area contributed by atoms with Gasteiger partial charge in [-0.3, -0.25) is 0 Å². The molecule has 42 heavy (non-hydrogen) atoms. The molecule has 0 radical (unpaired) electrons. The molecule has 6 rings (SSSR count). The van der Waals surface area contributed by atoms with Crippen LogP contribution >= 0.6 is 23.2 Å². The maximum absolute atomic E-state index is 13.9. The summed E-state index contributed by atoms with van der Waals surface area (Å²) in [5, 5.41) is 1.27. The average molecular weight is 609 g/mol. The smallest absolute Gasteiger partial charge is 0.207 e. The molecule has 0 spiro atoms. The maximum atomic E-state index is 13.9. The van der Waals surface area contributed by atoms with Crippen LogP contribution in [0.4, 0.5) is 0 Å². The zero-order valence-electron chi connectivity index (χ0n) is 22.8. The van der Waals surface area contributed by atoms with Crippen molar-refractivity contribution in [2.45, 2.75) is 17.9 Å². The highest BCUT2D eigenvalue weighted by Gasteiger charge is 2.37. The van der Waals surface area contributed by atoms with Gasteiger partial charge in [-0.15, -0.1) is 0 Å². The molecule has 3 nitrogen and oxygen atoms in total. The van der Waals surface area contributed by atoms with Crippen molar-refractivity contribution >= 4 is 50.4 Å². The standard InChI is InChI=1S/C36H27Cl2NO2S/c1-24-11-21-30(22-12-24)42(40,41)39-36-32-10-6-5-9-31(32)34(27-15-19-29(38)20-16-27)35(36)33(26-7-3-2-4-8-26)23-25-13-17-28(37)18-14-25/h2-23,36,39H,1H3/b33-23+. The van der Waals surface area contributed by atoms with Crippen LogP contribution in [0, 0.1) is 6.92 Å². The number of fused-ring (bicyclic) bond motifs is 1. The molecule has 5 aromatic carbocycles. The van der Waals surface area contributed by atoms with Crippen molar-refractivity contribution in [2.75, 3.05) is 0 Å². The van der Waals surface area contributed by atoms with Gasteiger partial charge in [-0.25, -0.2) is 8.42 Å². The molecule has 0 saturated carbocycles. The molecule has 0 heterocycles. The molecule has 0 aliphatic heterocycles. The Morgan fingerprint density at radius 1 is 0.714 bits per heavy atom. The Morgan fingerprint density at radius 2 is 1.31 bits per heavy atom. The Bertz CT molecular complexity index is 1910. The van der Waals surface area contributed by atoms with Crippen LogP contribution < -0.4 is 4.72 Å². The Balaban J connectivity index is 1.64. The first kappa shape index (κ1) is 28.2. The molecular weight excluding hydrogens is 581 g/mol. The van der Waals surface area contributed by atoms with E-state index < -0.39 is 16.1 Å². The lowest BCUT2D eigenvalue weighted by molar-refractivity contribution is 0.573. The van der Waals surface area contributed by atoms with E-state index in [1.165, 1.54) is 0 Å². The van der Waals surface area contributed by atoms with Gasteiger partial charge in [0.05, 0.1) is 10.9 Å². The minimum Gasteiger partial charge on any atom is -0.207 e. The van der Waals surface area contributed by atoms with Crippen LogP contribution in [0.15, 0.2) is 138 Å². The second-order valence-electron chi connectivity index (χ2n) is 10.2. The van der Waals surface area contributed by atoms with Crippen LogP contribution in [-0.2, 0) is 10.0 Å². The highest BCUT2D eigenvalue weighted by Crippen LogP contribution is 2.50. The van der Waals surface area contributed by atoms with Crippen molar-refractivity contribution in [3.05, 3.63) is 176 Å². The number of sulfonamides is 1. The van der Waals surface area contributed by atoms with Crippen molar-refractivity contribution in [1.82, 2.24) is 4.72 Å². The van der Waals surface area contributed by atoms with Crippen LogP contribution in [0.3, 0.4) is 0 Å². The van der Waals surface area contributed by atoms with Gasteiger partial charge >= 0.3 is 0 Å². The molecule has 1 aliphatic carbocycles. The number of aryl methyl sites for hydroxylation is 1. The summed E-state index contributed by atoms with van der Waals surface area (Å²) < 4.78 is 30.9. The number of hydrogen-bond donors (Lipinski definition) is 1. The average Bonchev–Trinajstić information content (AvgIpc) is 3.31. The molecule has 208 valence electrons. The van der Waals surface area contributed by atoms with E-state index in [0.717, 1.165) is 50.1 Å². The van der Waals surface area contributed by atoms with Gasteiger partial charge in [0.25, 0.3) is 0 Å². The van der Waals surface area contributed by atoms with Gasteiger partial charge in [-0.05, 0) is 93.9 Å². The molecule has 1 unspecified atom stereocenters. The van der Waals surface area contributed by atoms with Crippen molar-refractivity contribution in [1.29, 1.82) is 0 Å². The van der Waals surface area contributed by atoms with E-state index in [9.17, 15) is 8.42 Å². The molecule has 0 fully saturated rings. The predicted molar refractivity (Wildman–Crippen MR) is 174 cm³/mol. The summed E-state index contributed by atoms with van der Waals surface area (Å²) in [6, 6.07) is 39.6. The zero-order valence-corrected chi connectivity index (χ0v) is 25.1. The first-order valence-corrected chi connectivity index (χ1v) is 15.8. The van der Waals surface area contributed by atoms with Crippen molar-refractivity contribution in [3.8, 4) is 0 Å². The first-order chi connectivity index (χ1) is 20.3. The molecule has 5 aromatic rings. The lowest BCUT2D eigenvalue weighted by atomic mass is 9.88. The SMILES string of the molecule is Cc1ccc(S(=O)(=O)NC2C(/C(=C/c3ccc(Cl)cc3)c3ccccc3)=C(c3ccc(Cl)cc3)c3ccccc32)cc1. The summed E-state index contributed by atoms with van der Waals surface area (Å²) in [5.41, 5.74) is 8.38. The summed E-state index contributed by atoms with van der Waals surface area (Å²) in [5.74, 6) is 0. The summed E-state index contributed by atoms with van der Waals surface area (Å²) in [6.45, 7) is 1.93.